The third-order valence-corrected chi connectivity index (χ3v) is 1.68. The molecule has 0 amide bonds. The van der Waals surface area contributed by atoms with Crippen molar-refractivity contribution in [3.05, 3.63) is 0 Å². The van der Waals surface area contributed by atoms with Gasteiger partial charge in [0, 0.05) is 0 Å². The first-order valence-electron chi connectivity index (χ1n) is 3.31. The minimum absolute atomic E-state index is 0.668. The minimum atomic E-state index is 0.668. The molecule has 0 aromatic rings. The Labute approximate surface area is 57.3 Å². The normalized spacial score (nSPS) is 10.9. The SMILES string of the molecule is CC[N+](C)(C)CCC#N. The van der Waals surface area contributed by atoms with Gasteiger partial charge in [-0.1, -0.05) is 0 Å². The van der Waals surface area contributed by atoms with Crippen LogP contribution in [-0.4, -0.2) is 31.7 Å². The molecule has 0 rings (SSSR count). The second-order valence-corrected chi connectivity index (χ2v) is 2.88. The van der Waals surface area contributed by atoms with Gasteiger partial charge in [-0.3, -0.25) is 0 Å². The second kappa shape index (κ2) is 3.47. The van der Waals surface area contributed by atoms with Gasteiger partial charge in [-0.05, 0) is 6.92 Å². The molecule has 0 aliphatic rings. The van der Waals surface area contributed by atoms with Crippen LogP contribution in [0.4, 0.5) is 0 Å². The topological polar surface area (TPSA) is 23.8 Å². The molecule has 52 valence electrons. The summed E-state index contributed by atoms with van der Waals surface area (Å²) in [5.74, 6) is 0. The molecular formula is C7H15N2+. The molecule has 0 fully saturated rings. The van der Waals surface area contributed by atoms with Gasteiger partial charge in [0.25, 0.3) is 0 Å². The number of hydrogen-bond donors (Lipinski definition) is 0. The van der Waals surface area contributed by atoms with Crippen LogP contribution in [0.3, 0.4) is 0 Å². The largest absolute Gasteiger partial charge is 0.328 e. The molecular weight excluding hydrogens is 112 g/mol. The van der Waals surface area contributed by atoms with Gasteiger partial charge >= 0.3 is 0 Å². The van der Waals surface area contributed by atoms with Crippen LogP contribution in [0.1, 0.15) is 13.3 Å². The van der Waals surface area contributed by atoms with E-state index in [1.165, 1.54) is 0 Å². The number of quaternary nitrogens is 1. The molecule has 0 saturated heterocycles. The maximum atomic E-state index is 8.27. The fourth-order valence-electron chi connectivity index (χ4n) is 0.511. The molecule has 0 atom stereocenters. The summed E-state index contributed by atoms with van der Waals surface area (Å²) in [5, 5.41) is 8.27. The molecule has 0 N–H and O–H groups in total. The fourth-order valence-corrected chi connectivity index (χ4v) is 0.511. The van der Waals surface area contributed by atoms with Crippen molar-refractivity contribution in [1.29, 1.82) is 5.26 Å². The van der Waals surface area contributed by atoms with E-state index in [1.807, 2.05) is 0 Å². The Morgan fingerprint density at radius 3 is 2.33 bits per heavy atom. The molecule has 0 aliphatic carbocycles. The Morgan fingerprint density at radius 2 is 2.00 bits per heavy atom. The predicted octanol–water partition coefficient (Wildman–Crippen LogP) is 0.996. The molecule has 2 nitrogen and oxygen atoms in total. The highest BCUT2D eigenvalue weighted by Gasteiger charge is 2.09. The van der Waals surface area contributed by atoms with Gasteiger partial charge in [-0.25, -0.2) is 0 Å². The number of nitrogens with zero attached hydrogens (tertiary/aromatic N) is 2. The van der Waals surface area contributed by atoms with E-state index in [0.717, 1.165) is 17.6 Å². The van der Waals surface area contributed by atoms with Crippen molar-refractivity contribution < 1.29 is 4.48 Å². The molecule has 0 aliphatic heterocycles. The van der Waals surface area contributed by atoms with Gasteiger partial charge in [0.15, 0.2) is 0 Å². The fraction of sp³-hybridized carbons (Fsp3) is 0.857. The van der Waals surface area contributed by atoms with E-state index in [1.54, 1.807) is 0 Å². The number of rotatable bonds is 3. The Bertz CT molecular complexity index is 111. The van der Waals surface area contributed by atoms with Crippen molar-refractivity contribution in [3.8, 4) is 6.07 Å². The lowest BCUT2D eigenvalue weighted by Crippen LogP contribution is -2.39. The van der Waals surface area contributed by atoms with Gasteiger partial charge in [0.2, 0.25) is 0 Å². The molecule has 0 aromatic carbocycles. The zero-order valence-corrected chi connectivity index (χ0v) is 6.52. The van der Waals surface area contributed by atoms with E-state index in [0.29, 0.717) is 6.42 Å². The highest BCUT2D eigenvalue weighted by atomic mass is 15.3. The van der Waals surface area contributed by atoms with E-state index in [9.17, 15) is 0 Å². The van der Waals surface area contributed by atoms with Crippen LogP contribution in [0.5, 0.6) is 0 Å². The number of nitriles is 1. The average molecular weight is 127 g/mol. The summed E-state index contributed by atoms with van der Waals surface area (Å²) in [6, 6.07) is 2.14. The predicted molar refractivity (Wildman–Crippen MR) is 37.7 cm³/mol. The molecule has 0 saturated carbocycles. The van der Waals surface area contributed by atoms with Gasteiger partial charge in [-0.2, -0.15) is 5.26 Å². The molecule has 0 heterocycles. The van der Waals surface area contributed by atoms with Gasteiger partial charge in [-0.15, -0.1) is 0 Å². The summed E-state index contributed by atoms with van der Waals surface area (Å²) in [5.41, 5.74) is 0. The lowest BCUT2D eigenvalue weighted by molar-refractivity contribution is -0.888. The molecule has 0 aromatic heterocycles. The van der Waals surface area contributed by atoms with Crippen LogP contribution in [0.2, 0.25) is 0 Å². The summed E-state index contributed by atoms with van der Waals surface area (Å²) >= 11 is 0. The Balaban J connectivity index is 3.48. The Hall–Kier alpha value is -0.550. The van der Waals surface area contributed by atoms with Crippen LogP contribution >= 0.6 is 0 Å². The average Bonchev–Trinajstić information content (AvgIpc) is 1.84. The lowest BCUT2D eigenvalue weighted by atomic mass is 10.4. The Kier molecular flexibility index (Phi) is 3.26. The minimum Gasteiger partial charge on any atom is -0.328 e. The molecule has 0 bridgehead atoms. The van der Waals surface area contributed by atoms with Gasteiger partial charge < -0.3 is 4.48 Å². The quantitative estimate of drug-likeness (QED) is 0.519. The first-order valence-corrected chi connectivity index (χ1v) is 3.31. The van der Waals surface area contributed by atoms with Crippen molar-refractivity contribution in [2.45, 2.75) is 13.3 Å². The van der Waals surface area contributed by atoms with Crippen molar-refractivity contribution in [2.24, 2.45) is 0 Å². The summed E-state index contributed by atoms with van der Waals surface area (Å²) in [6.45, 7) is 4.20. The maximum Gasteiger partial charge on any atom is 0.0914 e. The molecule has 2 heteroatoms. The van der Waals surface area contributed by atoms with Crippen LogP contribution < -0.4 is 0 Å². The van der Waals surface area contributed by atoms with E-state index >= 15 is 0 Å². The van der Waals surface area contributed by atoms with Crippen LogP contribution in [-0.2, 0) is 0 Å². The number of hydrogen-bond acceptors (Lipinski definition) is 1. The molecule has 0 spiro atoms. The summed E-state index contributed by atoms with van der Waals surface area (Å²) in [6.07, 6.45) is 0.668. The van der Waals surface area contributed by atoms with Crippen LogP contribution in [0, 0.1) is 11.3 Å². The highest BCUT2D eigenvalue weighted by Crippen LogP contribution is 1.96. The van der Waals surface area contributed by atoms with Gasteiger partial charge in [0.05, 0.1) is 39.7 Å². The van der Waals surface area contributed by atoms with E-state index < -0.39 is 0 Å². The first kappa shape index (κ1) is 8.45. The maximum absolute atomic E-state index is 8.27. The van der Waals surface area contributed by atoms with Crippen LogP contribution in [0.15, 0.2) is 0 Å². The monoisotopic (exact) mass is 127 g/mol. The lowest BCUT2D eigenvalue weighted by Gasteiger charge is -2.26. The summed E-state index contributed by atoms with van der Waals surface area (Å²) < 4.78 is 0.952. The van der Waals surface area contributed by atoms with Gasteiger partial charge in [0.1, 0.15) is 0 Å². The summed E-state index contributed by atoms with van der Waals surface area (Å²) in [4.78, 5) is 0. The third kappa shape index (κ3) is 3.99. The third-order valence-electron chi connectivity index (χ3n) is 1.68. The van der Waals surface area contributed by atoms with Crippen molar-refractivity contribution in [2.75, 3.05) is 27.2 Å². The highest BCUT2D eigenvalue weighted by molar-refractivity contribution is 4.67. The zero-order chi connectivity index (χ0) is 7.33. The van der Waals surface area contributed by atoms with E-state index in [2.05, 4.69) is 27.1 Å². The van der Waals surface area contributed by atoms with Crippen LogP contribution in [0.25, 0.3) is 0 Å². The molecule has 0 radical (unpaired) electrons. The summed E-state index contributed by atoms with van der Waals surface area (Å²) in [7, 11) is 4.27. The molecule has 0 unspecified atom stereocenters. The smallest absolute Gasteiger partial charge is 0.0914 e. The van der Waals surface area contributed by atoms with Crippen molar-refractivity contribution >= 4 is 0 Å². The van der Waals surface area contributed by atoms with E-state index in [4.69, 9.17) is 5.26 Å². The Morgan fingerprint density at radius 1 is 1.44 bits per heavy atom. The standard InChI is InChI=1S/C7H15N2/c1-4-9(2,3)7-5-6-8/h4-5,7H2,1-3H3/q+1. The second-order valence-electron chi connectivity index (χ2n) is 2.88. The van der Waals surface area contributed by atoms with E-state index in [-0.39, 0.29) is 0 Å². The zero-order valence-electron chi connectivity index (χ0n) is 6.52. The first-order chi connectivity index (χ1) is 4.12. The van der Waals surface area contributed by atoms with Crippen molar-refractivity contribution in [3.63, 3.8) is 0 Å². The van der Waals surface area contributed by atoms with Crippen molar-refractivity contribution in [1.82, 2.24) is 0 Å². The molecule has 9 heavy (non-hydrogen) atoms.